The quantitative estimate of drug-likeness (QED) is 0.905. The molecule has 2 aliphatic rings. The number of halogens is 1. The number of aryl methyl sites for hydroxylation is 1. The Labute approximate surface area is 146 Å². The van der Waals surface area contributed by atoms with Crippen LogP contribution in [0.3, 0.4) is 0 Å². The van der Waals surface area contributed by atoms with Crippen LogP contribution in [0.2, 0.25) is 0 Å². The first-order valence-electron chi connectivity index (χ1n) is 8.81. The summed E-state index contributed by atoms with van der Waals surface area (Å²) in [6, 6.07) is 9.01. The molecule has 3 rings (SSSR count). The predicted octanol–water partition coefficient (Wildman–Crippen LogP) is 3.86. The Bertz CT molecular complexity index is 497. The average Bonchev–Trinajstić information content (AvgIpc) is 3.04. The van der Waals surface area contributed by atoms with E-state index in [1.54, 1.807) is 0 Å². The minimum Gasteiger partial charge on any atom is -0.336 e. The number of benzene rings is 1. The lowest BCUT2D eigenvalue weighted by atomic mass is 9.93. The van der Waals surface area contributed by atoms with Crippen LogP contribution in [0.1, 0.15) is 55.7 Å². The largest absolute Gasteiger partial charge is 0.336 e. The van der Waals surface area contributed by atoms with Crippen molar-refractivity contribution in [2.24, 2.45) is 5.92 Å². The van der Waals surface area contributed by atoms with Gasteiger partial charge in [0, 0.05) is 13.0 Å². The van der Waals surface area contributed by atoms with Crippen LogP contribution in [0.4, 0.5) is 0 Å². The van der Waals surface area contributed by atoms with E-state index in [4.69, 9.17) is 0 Å². The Morgan fingerprint density at radius 1 is 1.17 bits per heavy atom. The summed E-state index contributed by atoms with van der Waals surface area (Å²) in [5.74, 6) is 1.10. The standard InChI is InChI=1S/C19H28N2O.ClH/c1-15-4-7-17(8-5-15)18-3-2-14-21(18)19(22)9-6-16-10-12-20-13-11-16;/h4-5,7-8,16,18,20H,2-3,6,9-14H2,1H3;1H. The van der Waals surface area contributed by atoms with Crippen LogP contribution < -0.4 is 5.32 Å². The third-order valence-electron chi connectivity index (χ3n) is 5.26. The molecule has 0 bridgehead atoms. The molecule has 4 heteroatoms. The van der Waals surface area contributed by atoms with Crippen molar-refractivity contribution in [2.45, 2.75) is 51.5 Å². The number of carbonyl (C=O) groups excluding carboxylic acids is 1. The van der Waals surface area contributed by atoms with Gasteiger partial charge in [-0.15, -0.1) is 12.4 Å². The fourth-order valence-corrected chi connectivity index (χ4v) is 3.84. The smallest absolute Gasteiger partial charge is 0.223 e. The molecule has 23 heavy (non-hydrogen) atoms. The van der Waals surface area contributed by atoms with E-state index in [1.807, 2.05) is 0 Å². The highest BCUT2D eigenvalue weighted by Gasteiger charge is 2.29. The highest BCUT2D eigenvalue weighted by molar-refractivity contribution is 5.85. The van der Waals surface area contributed by atoms with Gasteiger partial charge in [0.1, 0.15) is 0 Å². The summed E-state index contributed by atoms with van der Waals surface area (Å²) in [4.78, 5) is 14.8. The fraction of sp³-hybridized carbons (Fsp3) is 0.632. The van der Waals surface area contributed by atoms with E-state index in [0.29, 0.717) is 11.9 Å². The summed E-state index contributed by atoms with van der Waals surface area (Å²) in [7, 11) is 0. The van der Waals surface area contributed by atoms with Gasteiger partial charge < -0.3 is 10.2 Å². The van der Waals surface area contributed by atoms with Gasteiger partial charge in [-0.05, 0) is 63.6 Å². The highest BCUT2D eigenvalue weighted by atomic mass is 35.5. The minimum atomic E-state index is 0. The second kappa shape index (κ2) is 8.70. The molecule has 2 aliphatic heterocycles. The number of carbonyl (C=O) groups is 1. The molecule has 2 saturated heterocycles. The fourth-order valence-electron chi connectivity index (χ4n) is 3.84. The van der Waals surface area contributed by atoms with E-state index in [-0.39, 0.29) is 12.4 Å². The Balaban J connectivity index is 0.00000192. The molecule has 1 aromatic carbocycles. The van der Waals surface area contributed by atoms with Crippen LogP contribution in [0.15, 0.2) is 24.3 Å². The topological polar surface area (TPSA) is 32.3 Å². The van der Waals surface area contributed by atoms with Gasteiger partial charge in [0.15, 0.2) is 0 Å². The molecule has 1 amide bonds. The van der Waals surface area contributed by atoms with E-state index in [0.717, 1.165) is 51.2 Å². The van der Waals surface area contributed by atoms with Crippen LogP contribution in [0.25, 0.3) is 0 Å². The molecule has 2 heterocycles. The number of nitrogens with one attached hydrogen (secondary N) is 1. The van der Waals surface area contributed by atoms with Crippen molar-refractivity contribution in [1.82, 2.24) is 10.2 Å². The summed E-state index contributed by atoms with van der Waals surface area (Å²) in [5.41, 5.74) is 2.59. The van der Waals surface area contributed by atoms with Crippen LogP contribution in [-0.4, -0.2) is 30.4 Å². The monoisotopic (exact) mass is 336 g/mol. The zero-order chi connectivity index (χ0) is 15.4. The molecule has 3 nitrogen and oxygen atoms in total. The van der Waals surface area contributed by atoms with Crippen LogP contribution >= 0.6 is 12.4 Å². The molecule has 128 valence electrons. The number of nitrogens with zero attached hydrogens (tertiary/aromatic N) is 1. The second-order valence-electron chi connectivity index (χ2n) is 6.89. The van der Waals surface area contributed by atoms with E-state index >= 15 is 0 Å². The Hall–Kier alpha value is -1.06. The van der Waals surface area contributed by atoms with Crippen LogP contribution in [0, 0.1) is 12.8 Å². The normalized spacial score (nSPS) is 22.0. The van der Waals surface area contributed by atoms with Crippen molar-refractivity contribution in [3.63, 3.8) is 0 Å². The molecule has 0 aromatic heterocycles. The van der Waals surface area contributed by atoms with E-state index in [1.165, 1.54) is 24.0 Å². The molecular formula is C19H29ClN2O. The minimum absolute atomic E-state index is 0. The molecule has 0 saturated carbocycles. The van der Waals surface area contributed by atoms with E-state index < -0.39 is 0 Å². The number of hydrogen-bond acceptors (Lipinski definition) is 2. The molecule has 0 radical (unpaired) electrons. The summed E-state index contributed by atoms with van der Waals surface area (Å²) >= 11 is 0. The number of amides is 1. The first kappa shape index (κ1) is 18.3. The average molecular weight is 337 g/mol. The molecular weight excluding hydrogens is 308 g/mol. The first-order chi connectivity index (χ1) is 10.7. The highest BCUT2D eigenvalue weighted by Crippen LogP contribution is 2.33. The predicted molar refractivity (Wildman–Crippen MR) is 96.9 cm³/mol. The van der Waals surface area contributed by atoms with Gasteiger partial charge in [0.25, 0.3) is 0 Å². The molecule has 1 aromatic rings. The molecule has 1 N–H and O–H groups in total. The maximum absolute atomic E-state index is 12.6. The SMILES string of the molecule is Cc1ccc(C2CCCN2C(=O)CCC2CCNCC2)cc1.Cl. The summed E-state index contributed by atoms with van der Waals surface area (Å²) < 4.78 is 0. The number of piperidine rings is 1. The summed E-state index contributed by atoms with van der Waals surface area (Å²) in [6.07, 6.45) is 6.51. The van der Waals surface area contributed by atoms with Gasteiger partial charge in [-0.3, -0.25) is 4.79 Å². The summed E-state index contributed by atoms with van der Waals surface area (Å²) in [5, 5.41) is 3.40. The lowest BCUT2D eigenvalue weighted by Gasteiger charge is -2.27. The van der Waals surface area contributed by atoms with Gasteiger partial charge in [-0.25, -0.2) is 0 Å². The van der Waals surface area contributed by atoms with Crippen molar-refractivity contribution in [3.8, 4) is 0 Å². The molecule has 0 aliphatic carbocycles. The van der Waals surface area contributed by atoms with Crippen molar-refractivity contribution >= 4 is 18.3 Å². The lowest BCUT2D eigenvalue weighted by Crippen LogP contribution is -2.32. The lowest BCUT2D eigenvalue weighted by molar-refractivity contribution is -0.132. The maximum Gasteiger partial charge on any atom is 0.223 e. The first-order valence-corrected chi connectivity index (χ1v) is 8.81. The van der Waals surface area contributed by atoms with Crippen molar-refractivity contribution in [3.05, 3.63) is 35.4 Å². The Kier molecular flexibility index (Phi) is 6.91. The second-order valence-corrected chi connectivity index (χ2v) is 6.89. The molecule has 1 unspecified atom stereocenters. The molecule has 0 spiro atoms. The Morgan fingerprint density at radius 3 is 2.57 bits per heavy atom. The number of rotatable bonds is 4. The van der Waals surface area contributed by atoms with Gasteiger partial charge in [-0.1, -0.05) is 29.8 Å². The van der Waals surface area contributed by atoms with Crippen LogP contribution in [0.5, 0.6) is 0 Å². The Morgan fingerprint density at radius 2 is 1.87 bits per heavy atom. The molecule has 2 fully saturated rings. The third kappa shape index (κ3) is 4.71. The van der Waals surface area contributed by atoms with Gasteiger partial charge >= 0.3 is 0 Å². The number of likely N-dealkylation sites (tertiary alicyclic amines) is 1. The van der Waals surface area contributed by atoms with Crippen LogP contribution in [-0.2, 0) is 4.79 Å². The number of hydrogen-bond donors (Lipinski definition) is 1. The van der Waals surface area contributed by atoms with Gasteiger partial charge in [0.2, 0.25) is 5.91 Å². The van der Waals surface area contributed by atoms with Crippen molar-refractivity contribution in [2.75, 3.05) is 19.6 Å². The zero-order valence-electron chi connectivity index (χ0n) is 14.1. The van der Waals surface area contributed by atoms with E-state index in [2.05, 4.69) is 41.4 Å². The van der Waals surface area contributed by atoms with Gasteiger partial charge in [-0.2, -0.15) is 0 Å². The molecule has 1 atom stereocenters. The third-order valence-corrected chi connectivity index (χ3v) is 5.26. The zero-order valence-corrected chi connectivity index (χ0v) is 14.9. The van der Waals surface area contributed by atoms with Crippen molar-refractivity contribution < 1.29 is 4.79 Å². The van der Waals surface area contributed by atoms with E-state index in [9.17, 15) is 4.79 Å². The van der Waals surface area contributed by atoms with Crippen molar-refractivity contribution in [1.29, 1.82) is 0 Å². The maximum atomic E-state index is 12.6. The van der Waals surface area contributed by atoms with Gasteiger partial charge in [0.05, 0.1) is 6.04 Å². The summed E-state index contributed by atoms with van der Waals surface area (Å²) in [6.45, 7) is 5.28.